The average molecular weight is 403 g/mol. The molecule has 7 nitrogen and oxygen atoms in total. The van der Waals surface area contributed by atoms with E-state index < -0.39 is 4.92 Å². The van der Waals surface area contributed by atoms with Crippen LogP contribution in [0, 0.1) is 16.0 Å². The Bertz CT molecular complexity index is 820. The van der Waals surface area contributed by atoms with Crippen molar-refractivity contribution in [3.8, 4) is 0 Å². The Kier molecular flexibility index (Phi) is 7.22. The van der Waals surface area contributed by atoms with E-state index in [9.17, 15) is 10.1 Å². The van der Waals surface area contributed by atoms with E-state index >= 15 is 0 Å². The van der Waals surface area contributed by atoms with Gasteiger partial charge >= 0.3 is 0 Å². The van der Waals surface area contributed by atoms with Crippen LogP contribution < -0.4 is 10.6 Å². The van der Waals surface area contributed by atoms with Crippen molar-refractivity contribution in [2.75, 3.05) is 19.8 Å². The van der Waals surface area contributed by atoms with Crippen molar-refractivity contribution in [2.45, 2.75) is 19.5 Å². The lowest BCUT2D eigenvalue weighted by molar-refractivity contribution is -0.384. The summed E-state index contributed by atoms with van der Waals surface area (Å²) in [5.74, 6) is 1.14. The molecule has 0 aromatic heterocycles. The minimum absolute atomic E-state index is 0.0733. The van der Waals surface area contributed by atoms with Gasteiger partial charge in [-0.1, -0.05) is 41.9 Å². The van der Waals surface area contributed by atoms with Crippen molar-refractivity contribution in [2.24, 2.45) is 10.9 Å². The van der Waals surface area contributed by atoms with E-state index in [-0.39, 0.29) is 5.69 Å². The molecule has 3 rings (SSSR count). The zero-order chi connectivity index (χ0) is 19.8. The fraction of sp³-hybridized carbons (Fsp3) is 0.350. The number of hydrogen-bond donors (Lipinski definition) is 2. The minimum Gasteiger partial charge on any atom is -0.381 e. The van der Waals surface area contributed by atoms with Crippen molar-refractivity contribution >= 4 is 23.2 Å². The summed E-state index contributed by atoms with van der Waals surface area (Å²) in [4.78, 5) is 15.0. The number of rotatable bonds is 7. The second-order valence-corrected chi connectivity index (χ2v) is 7.05. The lowest BCUT2D eigenvalue weighted by Gasteiger charge is -2.15. The number of benzene rings is 2. The summed E-state index contributed by atoms with van der Waals surface area (Å²) in [6, 6.07) is 14.1. The fourth-order valence-electron chi connectivity index (χ4n) is 2.87. The van der Waals surface area contributed by atoms with E-state index in [1.165, 1.54) is 12.1 Å². The lowest BCUT2D eigenvalue weighted by Crippen LogP contribution is -2.39. The summed E-state index contributed by atoms with van der Waals surface area (Å²) in [5, 5.41) is 18.1. The molecule has 0 amide bonds. The standard InChI is InChI=1S/C20H23ClN4O3/c21-19-4-2-1-3-17(19)13-24-20(23-12-16-9-10-28-14-16)22-11-15-5-7-18(8-6-15)25(26)27/h1-8,16H,9-14H2,(H2,22,23,24). The Morgan fingerprint density at radius 3 is 2.68 bits per heavy atom. The van der Waals surface area contributed by atoms with Gasteiger partial charge in [-0.2, -0.15) is 0 Å². The van der Waals surface area contributed by atoms with Gasteiger partial charge < -0.3 is 15.4 Å². The van der Waals surface area contributed by atoms with Crippen LogP contribution in [0.3, 0.4) is 0 Å². The lowest BCUT2D eigenvalue weighted by atomic mass is 10.1. The Balaban J connectivity index is 1.64. The van der Waals surface area contributed by atoms with Gasteiger partial charge in [0, 0.05) is 42.8 Å². The smallest absolute Gasteiger partial charge is 0.269 e. The van der Waals surface area contributed by atoms with Gasteiger partial charge in [0.1, 0.15) is 0 Å². The zero-order valence-corrected chi connectivity index (χ0v) is 16.2. The molecule has 0 bridgehead atoms. The normalized spacial score (nSPS) is 16.8. The summed E-state index contributed by atoms with van der Waals surface area (Å²) >= 11 is 6.23. The van der Waals surface area contributed by atoms with Crippen LogP contribution in [0.1, 0.15) is 17.5 Å². The van der Waals surface area contributed by atoms with E-state index in [4.69, 9.17) is 16.3 Å². The molecule has 148 valence electrons. The molecule has 0 saturated carbocycles. The largest absolute Gasteiger partial charge is 0.381 e. The third kappa shape index (κ3) is 5.94. The number of ether oxygens (including phenoxy) is 1. The second kappa shape index (κ2) is 10.1. The highest BCUT2D eigenvalue weighted by molar-refractivity contribution is 6.31. The first-order chi connectivity index (χ1) is 13.6. The first-order valence-corrected chi connectivity index (χ1v) is 9.56. The molecule has 1 heterocycles. The monoisotopic (exact) mass is 402 g/mol. The number of nitrogens with one attached hydrogen (secondary N) is 2. The van der Waals surface area contributed by atoms with Gasteiger partial charge in [0.05, 0.1) is 18.1 Å². The second-order valence-electron chi connectivity index (χ2n) is 6.64. The van der Waals surface area contributed by atoms with Crippen molar-refractivity contribution in [1.29, 1.82) is 0 Å². The zero-order valence-electron chi connectivity index (χ0n) is 15.4. The molecule has 0 spiro atoms. The topological polar surface area (TPSA) is 88.8 Å². The van der Waals surface area contributed by atoms with Gasteiger partial charge in [-0.15, -0.1) is 0 Å². The predicted octanol–water partition coefficient (Wildman–Crippen LogP) is 3.52. The molecule has 0 radical (unpaired) electrons. The van der Waals surface area contributed by atoms with E-state index in [0.717, 1.165) is 37.3 Å². The van der Waals surface area contributed by atoms with Crippen LogP contribution in [0.5, 0.6) is 0 Å². The van der Waals surface area contributed by atoms with Crippen LogP contribution in [0.15, 0.2) is 53.5 Å². The van der Waals surface area contributed by atoms with Crippen LogP contribution in [0.25, 0.3) is 0 Å². The molecule has 28 heavy (non-hydrogen) atoms. The number of non-ortho nitro benzene ring substituents is 1. The van der Waals surface area contributed by atoms with Crippen molar-refractivity contribution in [3.05, 3.63) is 74.8 Å². The SMILES string of the molecule is O=[N+]([O-])c1ccc(CN=C(NCc2ccccc2Cl)NCC2CCOC2)cc1. The Hall–Kier alpha value is -2.64. The summed E-state index contributed by atoms with van der Waals surface area (Å²) in [5.41, 5.74) is 1.95. The third-order valence-corrected chi connectivity index (χ3v) is 4.92. The number of nitro groups is 1. The molecule has 0 aliphatic carbocycles. The highest BCUT2D eigenvalue weighted by atomic mass is 35.5. The van der Waals surface area contributed by atoms with Crippen molar-refractivity contribution < 1.29 is 9.66 Å². The van der Waals surface area contributed by atoms with Crippen molar-refractivity contribution in [3.63, 3.8) is 0 Å². The quantitative estimate of drug-likeness (QED) is 0.320. The van der Waals surface area contributed by atoms with Crippen LogP contribution >= 0.6 is 11.6 Å². The number of aliphatic imine (C=N–C) groups is 1. The molecular weight excluding hydrogens is 380 g/mol. The highest BCUT2D eigenvalue weighted by Gasteiger charge is 2.16. The summed E-state index contributed by atoms with van der Waals surface area (Å²) in [6.45, 7) is 3.29. The molecule has 1 unspecified atom stereocenters. The first kappa shape index (κ1) is 20.1. The van der Waals surface area contributed by atoms with Crippen LogP contribution in [-0.4, -0.2) is 30.6 Å². The number of hydrogen-bond acceptors (Lipinski definition) is 4. The number of halogens is 1. The molecule has 2 aromatic carbocycles. The van der Waals surface area contributed by atoms with Gasteiger partial charge in [-0.05, 0) is 23.6 Å². The number of guanidine groups is 1. The minimum atomic E-state index is -0.408. The maximum Gasteiger partial charge on any atom is 0.269 e. The molecule has 1 aliphatic rings. The van der Waals surface area contributed by atoms with Gasteiger partial charge in [0.2, 0.25) is 0 Å². The first-order valence-electron chi connectivity index (χ1n) is 9.18. The van der Waals surface area contributed by atoms with Gasteiger partial charge in [-0.3, -0.25) is 10.1 Å². The molecule has 1 atom stereocenters. The van der Waals surface area contributed by atoms with Crippen LogP contribution in [0.2, 0.25) is 5.02 Å². The molecule has 1 aliphatic heterocycles. The highest BCUT2D eigenvalue weighted by Crippen LogP contribution is 2.15. The third-order valence-electron chi connectivity index (χ3n) is 4.55. The van der Waals surface area contributed by atoms with E-state index in [2.05, 4.69) is 15.6 Å². The van der Waals surface area contributed by atoms with E-state index in [1.807, 2.05) is 24.3 Å². The molecule has 2 aromatic rings. The van der Waals surface area contributed by atoms with Crippen molar-refractivity contribution in [1.82, 2.24) is 10.6 Å². The summed E-state index contributed by atoms with van der Waals surface area (Å²) in [6.07, 6.45) is 1.03. The Morgan fingerprint density at radius 1 is 1.21 bits per heavy atom. The Labute approximate surface area is 168 Å². The van der Waals surface area contributed by atoms with Crippen LogP contribution in [-0.2, 0) is 17.8 Å². The van der Waals surface area contributed by atoms with Crippen LogP contribution in [0.4, 0.5) is 5.69 Å². The van der Waals surface area contributed by atoms with Gasteiger partial charge in [0.15, 0.2) is 5.96 Å². The maximum absolute atomic E-state index is 10.8. The average Bonchev–Trinajstić information content (AvgIpc) is 3.22. The predicted molar refractivity (Wildman–Crippen MR) is 109 cm³/mol. The number of nitrogens with zero attached hydrogens (tertiary/aromatic N) is 2. The molecule has 1 saturated heterocycles. The fourth-order valence-corrected chi connectivity index (χ4v) is 3.08. The molecule has 1 fully saturated rings. The van der Waals surface area contributed by atoms with E-state index in [1.54, 1.807) is 12.1 Å². The van der Waals surface area contributed by atoms with Gasteiger partial charge in [0.25, 0.3) is 5.69 Å². The molecule has 8 heteroatoms. The summed E-state index contributed by atoms with van der Waals surface area (Å²) < 4.78 is 5.42. The van der Waals surface area contributed by atoms with E-state index in [0.29, 0.717) is 30.0 Å². The maximum atomic E-state index is 10.8. The number of nitro benzene ring substituents is 1. The van der Waals surface area contributed by atoms with Gasteiger partial charge in [-0.25, -0.2) is 4.99 Å². The molecule has 2 N–H and O–H groups in total. The molecular formula is C20H23ClN4O3. The Morgan fingerprint density at radius 2 is 2.00 bits per heavy atom. The summed E-state index contributed by atoms with van der Waals surface area (Å²) in [7, 11) is 0.